The number of hydrogen-bond donors (Lipinski definition) is 1. The van der Waals surface area contributed by atoms with Gasteiger partial charge < -0.3 is 19.5 Å². The first kappa shape index (κ1) is 18.5. The SMILES string of the molecule is O=C(O[C@@H](C(=O)Nc1ccc(F)cc1)c1ccccc1)c1ccc2c(c1)OCO2. The number of anilines is 1. The lowest BCUT2D eigenvalue weighted by Crippen LogP contribution is -2.26. The van der Waals surface area contributed by atoms with E-state index in [1.54, 1.807) is 36.4 Å². The predicted octanol–water partition coefficient (Wildman–Crippen LogP) is 4.09. The summed E-state index contributed by atoms with van der Waals surface area (Å²) in [6.07, 6.45) is -1.20. The highest BCUT2D eigenvalue weighted by Crippen LogP contribution is 2.33. The van der Waals surface area contributed by atoms with Crippen molar-refractivity contribution >= 4 is 17.6 Å². The average Bonchev–Trinajstić information content (AvgIpc) is 3.22. The van der Waals surface area contributed by atoms with Crippen LogP contribution in [0, 0.1) is 5.82 Å². The Hall–Kier alpha value is -3.87. The first-order valence-electron chi connectivity index (χ1n) is 8.82. The number of halogens is 1. The lowest BCUT2D eigenvalue weighted by Gasteiger charge is -2.18. The first-order valence-corrected chi connectivity index (χ1v) is 8.82. The minimum Gasteiger partial charge on any atom is -0.454 e. The number of ether oxygens (including phenoxy) is 3. The van der Waals surface area contributed by atoms with Crippen molar-refractivity contribution in [2.45, 2.75) is 6.10 Å². The van der Waals surface area contributed by atoms with Gasteiger partial charge in [-0.2, -0.15) is 0 Å². The van der Waals surface area contributed by atoms with Crippen molar-refractivity contribution in [3.05, 3.63) is 89.7 Å². The fourth-order valence-electron chi connectivity index (χ4n) is 2.84. The van der Waals surface area contributed by atoms with E-state index in [1.165, 1.54) is 36.4 Å². The van der Waals surface area contributed by atoms with Crippen LogP contribution in [0.4, 0.5) is 10.1 Å². The van der Waals surface area contributed by atoms with Crippen LogP contribution in [-0.2, 0) is 9.53 Å². The second kappa shape index (κ2) is 8.02. The van der Waals surface area contributed by atoms with Gasteiger partial charge >= 0.3 is 5.97 Å². The summed E-state index contributed by atoms with van der Waals surface area (Å²) >= 11 is 0. The number of carbonyl (C=O) groups is 2. The summed E-state index contributed by atoms with van der Waals surface area (Å²) < 4.78 is 29.1. The van der Waals surface area contributed by atoms with Crippen LogP contribution >= 0.6 is 0 Å². The van der Waals surface area contributed by atoms with E-state index in [0.717, 1.165) is 0 Å². The molecule has 1 amide bonds. The number of rotatable bonds is 5. The van der Waals surface area contributed by atoms with Gasteiger partial charge in [0, 0.05) is 11.3 Å². The van der Waals surface area contributed by atoms with Crippen molar-refractivity contribution in [3.8, 4) is 11.5 Å². The highest BCUT2D eigenvalue weighted by atomic mass is 19.1. The van der Waals surface area contributed by atoms with Crippen molar-refractivity contribution < 1.29 is 28.2 Å². The Morgan fingerprint density at radius 1 is 0.931 bits per heavy atom. The van der Waals surface area contributed by atoms with E-state index in [9.17, 15) is 14.0 Å². The monoisotopic (exact) mass is 393 g/mol. The first-order chi connectivity index (χ1) is 14.1. The second-order valence-corrected chi connectivity index (χ2v) is 6.26. The van der Waals surface area contributed by atoms with Crippen LogP contribution in [0.3, 0.4) is 0 Å². The van der Waals surface area contributed by atoms with Crippen LogP contribution < -0.4 is 14.8 Å². The Morgan fingerprint density at radius 3 is 2.41 bits per heavy atom. The molecule has 0 aliphatic carbocycles. The maximum Gasteiger partial charge on any atom is 0.339 e. The smallest absolute Gasteiger partial charge is 0.339 e. The Labute approximate surface area is 165 Å². The van der Waals surface area contributed by atoms with Crippen molar-refractivity contribution in [1.29, 1.82) is 0 Å². The van der Waals surface area contributed by atoms with Gasteiger partial charge in [-0.25, -0.2) is 9.18 Å². The number of hydrogen-bond acceptors (Lipinski definition) is 5. The number of amides is 1. The predicted molar refractivity (Wildman–Crippen MR) is 102 cm³/mol. The highest BCUT2D eigenvalue weighted by Gasteiger charge is 2.27. The molecule has 0 aromatic heterocycles. The summed E-state index contributed by atoms with van der Waals surface area (Å²) in [6.45, 7) is 0.0839. The van der Waals surface area contributed by atoms with Gasteiger partial charge in [-0.3, -0.25) is 4.79 Å². The van der Waals surface area contributed by atoms with E-state index in [2.05, 4.69) is 5.32 Å². The molecule has 4 rings (SSSR count). The molecule has 1 aliphatic heterocycles. The molecule has 3 aromatic rings. The van der Waals surface area contributed by atoms with Gasteiger partial charge in [0.1, 0.15) is 5.82 Å². The van der Waals surface area contributed by atoms with Gasteiger partial charge in [0.05, 0.1) is 5.56 Å². The minimum absolute atomic E-state index is 0.0839. The van der Waals surface area contributed by atoms with Gasteiger partial charge in [-0.05, 0) is 42.5 Å². The average molecular weight is 393 g/mol. The quantitative estimate of drug-likeness (QED) is 0.661. The Balaban J connectivity index is 1.56. The molecule has 0 unspecified atom stereocenters. The third-order valence-corrected chi connectivity index (χ3v) is 4.29. The van der Waals surface area contributed by atoms with Crippen LogP contribution in [0.25, 0.3) is 0 Å². The van der Waals surface area contributed by atoms with E-state index in [0.29, 0.717) is 22.7 Å². The molecule has 0 saturated carbocycles. The molecule has 7 heteroatoms. The van der Waals surface area contributed by atoms with Gasteiger partial charge in [-0.1, -0.05) is 30.3 Å². The fraction of sp³-hybridized carbons (Fsp3) is 0.0909. The molecule has 146 valence electrons. The van der Waals surface area contributed by atoms with Crippen LogP contribution in [0.1, 0.15) is 22.0 Å². The molecule has 1 N–H and O–H groups in total. The molecule has 0 radical (unpaired) electrons. The van der Waals surface area contributed by atoms with E-state index in [1.807, 2.05) is 0 Å². The molecule has 1 aliphatic rings. The van der Waals surface area contributed by atoms with Gasteiger partial charge in [-0.15, -0.1) is 0 Å². The largest absolute Gasteiger partial charge is 0.454 e. The fourth-order valence-corrected chi connectivity index (χ4v) is 2.84. The minimum atomic E-state index is -1.20. The number of carbonyl (C=O) groups excluding carboxylic acids is 2. The van der Waals surface area contributed by atoms with Gasteiger partial charge in [0.25, 0.3) is 5.91 Å². The number of esters is 1. The maximum absolute atomic E-state index is 13.1. The molecule has 6 nitrogen and oxygen atoms in total. The summed E-state index contributed by atoms with van der Waals surface area (Å²) in [5, 5.41) is 2.64. The number of fused-ring (bicyclic) bond motifs is 1. The highest BCUT2D eigenvalue weighted by molar-refractivity contribution is 5.98. The molecule has 3 aromatic carbocycles. The molecule has 29 heavy (non-hydrogen) atoms. The Kier molecular flexibility index (Phi) is 5.11. The van der Waals surface area contributed by atoms with Gasteiger partial charge in [0.2, 0.25) is 12.9 Å². The molecule has 0 saturated heterocycles. The van der Waals surface area contributed by atoms with Gasteiger partial charge in [0.15, 0.2) is 11.5 Å². The third kappa shape index (κ3) is 4.19. The molecule has 1 heterocycles. The lowest BCUT2D eigenvalue weighted by molar-refractivity contribution is -0.125. The molecule has 1 atom stereocenters. The van der Waals surface area contributed by atoms with Crippen LogP contribution in [-0.4, -0.2) is 18.7 Å². The lowest BCUT2D eigenvalue weighted by atomic mass is 10.1. The van der Waals surface area contributed by atoms with E-state index in [4.69, 9.17) is 14.2 Å². The molecule has 0 spiro atoms. The zero-order chi connectivity index (χ0) is 20.2. The second-order valence-electron chi connectivity index (χ2n) is 6.26. The molecular formula is C22H16FNO5. The zero-order valence-electron chi connectivity index (χ0n) is 15.1. The zero-order valence-corrected chi connectivity index (χ0v) is 15.1. The summed E-state index contributed by atoms with van der Waals surface area (Å²) in [5.41, 5.74) is 1.11. The summed E-state index contributed by atoms with van der Waals surface area (Å²) in [4.78, 5) is 25.5. The topological polar surface area (TPSA) is 73.9 Å². The standard InChI is InChI=1S/C22H16FNO5/c23-16-7-9-17(10-8-16)24-21(25)20(14-4-2-1-3-5-14)29-22(26)15-6-11-18-19(12-15)28-13-27-18/h1-12,20H,13H2,(H,24,25)/t20-/m1/s1. The van der Waals surface area contributed by atoms with E-state index >= 15 is 0 Å². The summed E-state index contributed by atoms with van der Waals surface area (Å²) in [6, 6.07) is 18.6. The maximum atomic E-state index is 13.1. The summed E-state index contributed by atoms with van der Waals surface area (Å²) in [5.74, 6) is -0.693. The van der Waals surface area contributed by atoms with Crippen LogP contribution in [0.15, 0.2) is 72.8 Å². The third-order valence-electron chi connectivity index (χ3n) is 4.29. The Morgan fingerprint density at radius 2 is 1.66 bits per heavy atom. The molecule has 0 fully saturated rings. The van der Waals surface area contributed by atoms with Crippen molar-refractivity contribution in [1.82, 2.24) is 0 Å². The molecule has 0 bridgehead atoms. The van der Waals surface area contributed by atoms with Crippen molar-refractivity contribution in [3.63, 3.8) is 0 Å². The summed E-state index contributed by atoms with van der Waals surface area (Å²) in [7, 11) is 0. The Bertz CT molecular complexity index is 1040. The van der Waals surface area contributed by atoms with Crippen molar-refractivity contribution in [2.75, 3.05) is 12.1 Å². The van der Waals surface area contributed by atoms with E-state index in [-0.39, 0.29) is 12.4 Å². The number of nitrogens with one attached hydrogen (secondary N) is 1. The number of benzene rings is 3. The van der Waals surface area contributed by atoms with Crippen LogP contribution in [0.5, 0.6) is 11.5 Å². The normalized spacial score (nSPS) is 12.9. The molecular weight excluding hydrogens is 377 g/mol. The van der Waals surface area contributed by atoms with Crippen LogP contribution in [0.2, 0.25) is 0 Å². The van der Waals surface area contributed by atoms with Crippen molar-refractivity contribution in [2.24, 2.45) is 0 Å². The van der Waals surface area contributed by atoms with E-state index < -0.39 is 23.8 Å².